The molecule has 0 saturated carbocycles. The van der Waals surface area contributed by atoms with Crippen molar-refractivity contribution in [2.24, 2.45) is 5.73 Å². The van der Waals surface area contributed by atoms with Crippen LogP contribution >= 0.6 is 0 Å². The third kappa shape index (κ3) is 9.15. The van der Waals surface area contributed by atoms with Gasteiger partial charge in [0.05, 0.1) is 61.7 Å². The lowest BCUT2D eigenvalue weighted by Gasteiger charge is -2.43. The van der Waals surface area contributed by atoms with E-state index in [0.29, 0.717) is 5.56 Å². The monoisotopic (exact) mass is 861 g/mol. The van der Waals surface area contributed by atoms with Crippen LogP contribution in [-0.2, 0) is 46.3 Å². The van der Waals surface area contributed by atoms with Crippen molar-refractivity contribution in [2.75, 3.05) is 33.4 Å². The maximum Gasteiger partial charge on any atom is 0.243 e. The molecule has 20 heteroatoms. The largest absolute Gasteiger partial charge is 0.507 e. The molecule has 3 aliphatic rings. The van der Waals surface area contributed by atoms with E-state index in [1.165, 1.54) is 32.2 Å². The third-order valence-corrected chi connectivity index (χ3v) is 11.1. The quantitative estimate of drug-likeness (QED) is 0.0583. The van der Waals surface area contributed by atoms with E-state index in [9.17, 15) is 59.1 Å². The fourth-order valence-corrected chi connectivity index (χ4v) is 7.96. The van der Waals surface area contributed by atoms with Gasteiger partial charge in [0.1, 0.15) is 41.6 Å². The number of ether oxygens (including phenoxy) is 3. The second-order valence-corrected chi connectivity index (χ2v) is 15.2. The first-order chi connectivity index (χ1) is 29.5. The van der Waals surface area contributed by atoms with E-state index in [-0.39, 0.29) is 47.4 Å². The number of hydrogen-bond acceptors (Lipinski definition) is 16. The smallest absolute Gasteiger partial charge is 0.243 e. The molecule has 0 bridgehead atoms. The summed E-state index contributed by atoms with van der Waals surface area (Å²) in [5.41, 5.74) is 1.56. The number of rotatable bonds is 15. The highest BCUT2D eigenvalue weighted by Crippen LogP contribution is 2.52. The van der Waals surface area contributed by atoms with Gasteiger partial charge in [-0.2, -0.15) is 0 Å². The Balaban J connectivity index is 1.21. The van der Waals surface area contributed by atoms with Crippen LogP contribution in [-0.4, -0.2) is 136 Å². The van der Waals surface area contributed by atoms with Gasteiger partial charge in [0.2, 0.25) is 29.4 Å². The van der Waals surface area contributed by atoms with Gasteiger partial charge < -0.3 is 66.7 Å². The van der Waals surface area contributed by atoms with Gasteiger partial charge >= 0.3 is 0 Å². The lowest BCUT2D eigenvalue weighted by atomic mass is 9.72. The number of aromatic hydroxyl groups is 2. The van der Waals surface area contributed by atoms with Crippen molar-refractivity contribution in [2.45, 2.75) is 74.9 Å². The highest BCUT2D eigenvalue weighted by Gasteiger charge is 2.50. The lowest BCUT2D eigenvalue weighted by Crippen LogP contribution is -2.57. The van der Waals surface area contributed by atoms with Crippen LogP contribution in [0.15, 0.2) is 48.5 Å². The molecule has 3 aromatic rings. The first-order valence-electron chi connectivity index (χ1n) is 19.6. The number of benzene rings is 3. The Hall–Kier alpha value is -6.29. The van der Waals surface area contributed by atoms with Gasteiger partial charge in [-0.05, 0) is 18.6 Å². The maximum absolute atomic E-state index is 14.0. The van der Waals surface area contributed by atoms with E-state index in [2.05, 4.69) is 21.3 Å². The van der Waals surface area contributed by atoms with E-state index >= 15 is 0 Å². The molecule has 6 rings (SSSR count). The molecule has 4 amide bonds. The average molecular weight is 862 g/mol. The van der Waals surface area contributed by atoms with Crippen LogP contribution in [0.1, 0.15) is 74.4 Å². The van der Waals surface area contributed by atoms with Crippen LogP contribution in [0.5, 0.6) is 17.2 Å². The van der Waals surface area contributed by atoms with Crippen molar-refractivity contribution in [1.29, 1.82) is 0 Å². The topological polar surface area (TPSA) is 322 Å². The molecule has 0 unspecified atom stereocenters. The van der Waals surface area contributed by atoms with Crippen molar-refractivity contribution in [3.8, 4) is 17.2 Å². The summed E-state index contributed by atoms with van der Waals surface area (Å²) in [6.07, 6.45) is -6.86. The number of Topliss-reactive ketones (excluding diaryl/α,β-unsaturated/α-hetero) is 1. The second kappa shape index (κ2) is 18.8. The van der Waals surface area contributed by atoms with Crippen LogP contribution in [0.3, 0.4) is 0 Å². The Morgan fingerprint density at radius 3 is 2.29 bits per heavy atom. The van der Waals surface area contributed by atoms with Gasteiger partial charge in [-0.1, -0.05) is 42.5 Å². The summed E-state index contributed by atoms with van der Waals surface area (Å²) in [7, 11) is 1.28. The molecular weight excluding hydrogens is 814 g/mol. The van der Waals surface area contributed by atoms with Gasteiger partial charge in [0, 0.05) is 42.4 Å². The highest BCUT2D eigenvalue weighted by atomic mass is 16.7. The number of fused-ring (bicyclic) bond motifs is 3. The number of nitrogens with one attached hydrogen (secondary N) is 4. The molecule has 62 heavy (non-hydrogen) atoms. The van der Waals surface area contributed by atoms with E-state index in [0.717, 1.165) is 0 Å². The fourth-order valence-electron chi connectivity index (χ4n) is 7.96. The molecule has 3 aromatic carbocycles. The molecule has 20 nitrogen and oxygen atoms in total. The summed E-state index contributed by atoms with van der Waals surface area (Å²) in [6.45, 7) is -1.07. The summed E-state index contributed by atoms with van der Waals surface area (Å²) < 4.78 is 17.4. The number of hydrogen-bond donors (Lipinski definition) is 10. The first kappa shape index (κ1) is 45.2. The molecule has 1 heterocycles. The zero-order valence-corrected chi connectivity index (χ0v) is 33.6. The van der Waals surface area contributed by atoms with E-state index < -0.39 is 138 Å². The minimum absolute atomic E-state index is 0.0266. The summed E-state index contributed by atoms with van der Waals surface area (Å²) in [6, 6.07) is 10.7. The van der Waals surface area contributed by atoms with Crippen LogP contribution < -0.4 is 31.7 Å². The number of nitrogens with two attached hydrogens (primary N) is 1. The van der Waals surface area contributed by atoms with Crippen molar-refractivity contribution >= 4 is 41.0 Å². The third-order valence-electron chi connectivity index (χ3n) is 11.1. The van der Waals surface area contributed by atoms with Crippen LogP contribution in [0.4, 0.5) is 0 Å². The first-order valence-corrected chi connectivity index (χ1v) is 19.6. The molecule has 0 radical (unpaired) electrons. The van der Waals surface area contributed by atoms with Crippen LogP contribution in [0.2, 0.25) is 0 Å². The van der Waals surface area contributed by atoms with Crippen molar-refractivity contribution in [3.63, 3.8) is 0 Å². The minimum Gasteiger partial charge on any atom is -0.507 e. The normalized spacial score (nSPS) is 23.2. The predicted molar refractivity (Wildman–Crippen MR) is 213 cm³/mol. The molecule has 0 aromatic heterocycles. The predicted octanol–water partition coefficient (Wildman–Crippen LogP) is -1.92. The van der Waals surface area contributed by atoms with Crippen LogP contribution in [0.25, 0.3) is 0 Å². The highest BCUT2D eigenvalue weighted by molar-refractivity contribution is 6.31. The zero-order valence-electron chi connectivity index (χ0n) is 33.6. The lowest BCUT2D eigenvalue weighted by molar-refractivity contribution is -0.249. The average Bonchev–Trinajstić information content (AvgIpc) is 3.25. The number of aliphatic hydroxyl groups excluding tert-OH is 2. The number of methoxy groups -OCH3 is 1. The Morgan fingerprint density at radius 2 is 1.61 bits per heavy atom. The number of ketones is 3. The number of carbonyl (C=O) groups is 7. The molecule has 0 spiro atoms. The van der Waals surface area contributed by atoms with Gasteiger partial charge in [-0.15, -0.1) is 0 Å². The molecule has 7 atom stereocenters. The Morgan fingerprint density at radius 1 is 0.919 bits per heavy atom. The molecule has 1 aliphatic heterocycles. The Bertz CT molecular complexity index is 2290. The molecule has 2 aliphatic carbocycles. The molecular formula is C42H47N5O15. The zero-order chi connectivity index (χ0) is 45.0. The summed E-state index contributed by atoms with van der Waals surface area (Å²) in [5, 5.41) is 65.8. The SMILES string of the molecule is COc1cccc2c1C(=O)c1c(O)c3c(c(O)c1C2=O)C[C@@](O)(C(=O)CO)C[C@@H]3O[C@H]1C[C@H](NC(=O)CNC(=O)[C@H](Cc2ccccc2)NC(=O)CNC(=O)CN)[C@H](O)[C@H](C)O1. The molecule has 11 N–H and O–H groups in total. The van der Waals surface area contributed by atoms with Gasteiger partial charge in [-0.3, -0.25) is 33.6 Å². The molecule has 330 valence electrons. The van der Waals surface area contributed by atoms with E-state index in [4.69, 9.17) is 19.9 Å². The number of aliphatic hydroxyl groups is 3. The number of carbonyl (C=O) groups excluding carboxylic acids is 7. The van der Waals surface area contributed by atoms with Crippen molar-refractivity contribution < 1.29 is 73.3 Å². The van der Waals surface area contributed by atoms with Gasteiger partial charge in [0.25, 0.3) is 0 Å². The van der Waals surface area contributed by atoms with Gasteiger partial charge in [-0.25, -0.2) is 0 Å². The summed E-state index contributed by atoms with van der Waals surface area (Å²) in [5.74, 6) is -7.12. The molecule has 1 saturated heterocycles. The number of phenolic OH excluding ortho intramolecular Hbond substituents is 2. The number of amides is 4. The molecule has 1 fully saturated rings. The van der Waals surface area contributed by atoms with Gasteiger partial charge in [0.15, 0.2) is 17.9 Å². The minimum atomic E-state index is -2.41. The summed E-state index contributed by atoms with van der Waals surface area (Å²) in [4.78, 5) is 91.4. The van der Waals surface area contributed by atoms with E-state index in [1.807, 2.05) is 0 Å². The van der Waals surface area contributed by atoms with Crippen molar-refractivity contribution in [1.82, 2.24) is 21.3 Å². The maximum atomic E-state index is 14.0. The fraction of sp³-hybridized carbons (Fsp3) is 0.405. The van der Waals surface area contributed by atoms with E-state index in [1.54, 1.807) is 30.3 Å². The second-order valence-electron chi connectivity index (χ2n) is 15.2. The van der Waals surface area contributed by atoms with Crippen LogP contribution in [0, 0.1) is 0 Å². The Labute approximate surface area is 353 Å². The standard InChI is InChI=1S/C42H47N5O15/c1-19-36(53)23(46-30(52)17-45-41(58)24(11-20-7-4-3-5-8-20)47-29(51)16-44-28(50)15-43)12-31(61-19)62-26-14-42(59,27(49)18-48)13-22-33(26)40(57)35-34(38(22)55)37(54)21-9-6-10-25(60-2)32(21)39(35)56/h3-10,19,23-24,26,31,36,48,53,55,57,59H,11-18,43H2,1-2H3,(H,44,50)(H,45,58)(H,46,52)(H,47,51)/t19-,23-,24-,26-,31-,36+,42-/m0/s1. The van der Waals surface area contributed by atoms with Crippen molar-refractivity contribution in [3.05, 3.63) is 87.5 Å². The number of phenols is 2. The Kier molecular flexibility index (Phi) is 13.7. The summed E-state index contributed by atoms with van der Waals surface area (Å²) >= 11 is 0.